The van der Waals surface area contributed by atoms with Crippen molar-refractivity contribution < 1.29 is 9.84 Å². The summed E-state index contributed by atoms with van der Waals surface area (Å²) in [5, 5.41) is 11.3. The van der Waals surface area contributed by atoms with Gasteiger partial charge in [0.25, 0.3) is 0 Å². The molecule has 0 spiro atoms. The Balaban J connectivity index is 2.84. The zero-order valence-corrected chi connectivity index (χ0v) is 8.25. The van der Waals surface area contributed by atoms with Gasteiger partial charge in [0, 0.05) is 17.0 Å². The summed E-state index contributed by atoms with van der Waals surface area (Å²) in [6, 6.07) is 5.16. The fraction of sp³-hybridized carbons (Fsp3) is 0.100. The predicted octanol–water partition coefficient (Wildman–Crippen LogP) is 2.60. The van der Waals surface area contributed by atoms with Crippen LogP contribution in [0.25, 0.3) is 10.8 Å². The van der Waals surface area contributed by atoms with E-state index < -0.39 is 0 Å². The fourth-order valence-electron chi connectivity index (χ4n) is 1.34. The van der Waals surface area contributed by atoms with Crippen LogP contribution >= 0.6 is 11.6 Å². The number of nitrogens with zero attached hydrogens (tertiary/aromatic N) is 1. The Labute approximate surface area is 85.9 Å². The summed E-state index contributed by atoms with van der Waals surface area (Å²) < 4.78 is 5.06. The van der Waals surface area contributed by atoms with Gasteiger partial charge in [-0.1, -0.05) is 11.6 Å². The molecular weight excluding hydrogens is 202 g/mol. The maximum Gasteiger partial charge on any atom is 0.218 e. The van der Waals surface area contributed by atoms with Crippen LogP contribution < -0.4 is 4.74 Å². The van der Waals surface area contributed by atoms with Gasteiger partial charge >= 0.3 is 0 Å². The molecule has 2 aromatic rings. The molecule has 0 aliphatic heterocycles. The molecule has 1 heterocycles. The summed E-state index contributed by atoms with van der Waals surface area (Å²) in [6.07, 6.45) is 1.50. The minimum Gasteiger partial charge on any atom is -0.495 e. The second kappa shape index (κ2) is 3.35. The highest BCUT2D eigenvalue weighted by Crippen LogP contribution is 2.34. The molecule has 0 aliphatic carbocycles. The van der Waals surface area contributed by atoms with Crippen LogP contribution in [0.4, 0.5) is 0 Å². The van der Waals surface area contributed by atoms with Gasteiger partial charge in [-0.15, -0.1) is 0 Å². The summed E-state index contributed by atoms with van der Waals surface area (Å²) in [5.74, 6) is 0.566. The van der Waals surface area contributed by atoms with Gasteiger partial charge in [-0.2, -0.15) is 0 Å². The van der Waals surface area contributed by atoms with Gasteiger partial charge in [-0.3, -0.25) is 0 Å². The zero-order valence-electron chi connectivity index (χ0n) is 7.49. The van der Waals surface area contributed by atoms with Crippen molar-refractivity contribution in [2.24, 2.45) is 0 Å². The first kappa shape index (κ1) is 9.09. The van der Waals surface area contributed by atoms with Crippen molar-refractivity contribution >= 4 is 22.4 Å². The van der Waals surface area contributed by atoms with Gasteiger partial charge in [0.15, 0.2) is 0 Å². The van der Waals surface area contributed by atoms with Crippen molar-refractivity contribution in [2.75, 3.05) is 7.11 Å². The van der Waals surface area contributed by atoms with Crippen LogP contribution in [0.15, 0.2) is 24.4 Å². The first-order valence-electron chi connectivity index (χ1n) is 4.04. The summed E-state index contributed by atoms with van der Waals surface area (Å²) in [7, 11) is 1.55. The topological polar surface area (TPSA) is 42.4 Å². The number of aromatic nitrogens is 1. The molecule has 4 heteroatoms. The second-order valence-electron chi connectivity index (χ2n) is 2.81. The van der Waals surface area contributed by atoms with Crippen molar-refractivity contribution in [1.82, 2.24) is 4.98 Å². The van der Waals surface area contributed by atoms with Crippen molar-refractivity contribution in [1.29, 1.82) is 0 Å². The van der Waals surface area contributed by atoms with Gasteiger partial charge in [-0.25, -0.2) is 4.98 Å². The van der Waals surface area contributed by atoms with E-state index in [-0.39, 0.29) is 5.88 Å². The lowest BCUT2D eigenvalue weighted by atomic mass is 10.1. The minimum atomic E-state index is -0.0212. The molecule has 2 rings (SSSR count). The standard InChI is InChI=1S/C10H8ClNO2/c1-14-8-3-2-7-6(9(8)11)4-5-12-10(7)13/h2-5H,1H3,(H,12,13). The molecule has 1 aromatic carbocycles. The monoisotopic (exact) mass is 209 g/mol. The lowest BCUT2D eigenvalue weighted by Gasteiger charge is -2.06. The van der Waals surface area contributed by atoms with E-state index in [0.717, 1.165) is 5.39 Å². The lowest BCUT2D eigenvalue weighted by Crippen LogP contribution is -1.86. The summed E-state index contributed by atoms with van der Waals surface area (Å²) in [6.45, 7) is 0. The van der Waals surface area contributed by atoms with Crippen molar-refractivity contribution in [3.8, 4) is 11.6 Å². The predicted molar refractivity (Wildman–Crippen MR) is 55.0 cm³/mol. The van der Waals surface area contributed by atoms with Gasteiger partial charge in [-0.05, 0) is 18.2 Å². The molecule has 0 saturated heterocycles. The molecule has 0 amide bonds. The zero-order chi connectivity index (χ0) is 10.1. The third kappa shape index (κ3) is 1.26. The Hall–Kier alpha value is -1.48. The highest BCUT2D eigenvalue weighted by molar-refractivity contribution is 6.37. The maximum atomic E-state index is 9.45. The number of methoxy groups -OCH3 is 1. The summed E-state index contributed by atoms with van der Waals surface area (Å²) in [5.41, 5.74) is 0. The highest BCUT2D eigenvalue weighted by atomic mass is 35.5. The first-order chi connectivity index (χ1) is 6.74. The molecular formula is C10H8ClNO2. The van der Waals surface area contributed by atoms with Gasteiger partial charge < -0.3 is 9.84 Å². The van der Waals surface area contributed by atoms with Gasteiger partial charge in [0.2, 0.25) is 5.88 Å². The molecule has 72 valence electrons. The summed E-state index contributed by atoms with van der Waals surface area (Å²) >= 11 is 6.05. The fourth-order valence-corrected chi connectivity index (χ4v) is 1.65. The van der Waals surface area contributed by atoms with Crippen LogP contribution in [-0.4, -0.2) is 17.2 Å². The van der Waals surface area contributed by atoms with Gasteiger partial charge in [0.05, 0.1) is 12.1 Å². The SMILES string of the molecule is COc1ccc2c(O)nccc2c1Cl. The van der Waals surface area contributed by atoms with Crippen molar-refractivity contribution in [2.45, 2.75) is 0 Å². The lowest BCUT2D eigenvalue weighted by molar-refractivity contribution is 0.415. The molecule has 1 N–H and O–H groups in total. The van der Waals surface area contributed by atoms with E-state index in [0.29, 0.717) is 16.2 Å². The number of benzene rings is 1. The average Bonchev–Trinajstić information content (AvgIpc) is 2.20. The second-order valence-corrected chi connectivity index (χ2v) is 3.19. The largest absolute Gasteiger partial charge is 0.495 e. The smallest absolute Gasteiger partial charge is 0.218 e. The molecule has 0 unspecified atom stereocenters. The van der Waals surface area contributed by atoms with E-state index in [1.54, 1.807) is 25.3 Å². The molecule has 0 radical (unpaired) electrons. The Morgan fingerprint density at radius 2 is 2.07 bits per heavy atom. The van der Waals surface area contributed by atoms with E-state index in [1.165, 1.54) is 6.20 Å². The van der Waals surface area contributed by atoms with Gasteiger partial charge in [0.1, 0.15) is 5.75 Å². The highest BCUT2D eigenvalue weighted by Gasteiger charge is 2.08. The number of ether oxygens (including phenoxy) is 1. The Bertz CT molecular complexity index is 485. The number of halogens is 1. The molecule has 0 bridgehead atoms. The van der Waals surface area contributed by atoms with Crippen LogP contribution in [0.1, 0.15) is 0 Å². The molecule has 1 aromatic heterocycles. The molecule has 0 saturated carbocycles. The van der Waals surface area contributed by atoms with Crippen molar-refractivity contribution in [3.63, 3.8) is 0 Å². The average molecular weight is 210 g/mol. The van der Waals surface area contributed by atoms with E-state index in [2.05, 4.69) is 4.98 Å². The van der Waals surface area contributed by atoms with Crippen LogP contribution in [0.3, 0.4) is 0 Å². The summed E-state index contributed by atoms with van der Waals surface area (Å²) in [4.78, 5) is 3.76. The van der Waals surface area contributed by atoms with E-state index in [1.807, 2.05) is 0 Å². The molecule has 0 atom stereocenters. The van der Waals surface area contributed by atoms with Crippen LogP contribution in [0, 0.1) is 0 Å². The number of pyridine rings is 1. The van der Waals surface area contributed by atoms with E-state index in [4.69, 9.17) is 16.3 Å². The Morgan fingerprint density at radius 1 is 1.29 bits per heavy atom. The number of aromatic hydroxyl groups is 1. The number of fused-ring (bicyclic) bond motifs is 1. The Kier molecular flexibility index (Phi) is 2.17. The molecule has 3 nitrogen and oxygen atoms in total. The number of hydrogen-bond donors (Lipinski definition) is 1. The maximum absolute atomic E-state index is 9.45. The number of hydrogen-bond acceptors (Lipinski definition) is 3. The van der Waals surface area contributed by atoms with Crippen LogP contribution in [0.5, 0.6) is 11.6 Å². The van der Waals surface area contributed by atoms with E-state index >= 15 is 0 Å². The van der Waals surface area contributed by atoms with Crippen molar-refractivity contribution in [3.05, 3.63) is 29.4 Å². The molecule has 0 fully saturated rings. The molecule has 0 aliphatic rings. The number of rotatable bonds is 1. The molecule has 14 heavy (non-hydrogen) atoms. The van der Waals surface area contributed by atoms with E-state index in [9.17, 15) is 5.11 Å². The quantitative estimate of drug-likeness (QED) is 0.785. The third-order valence-electron chi connectivity index (χ3n) is 2.04. The minimum absolute atomic E-state index is 0.0212. The first-order valence-corrected chi connectivity index (χ1v) is 4.42. The van der Waals surface area contributed by atoms with Crippen LogP contribution in [0.2, 0.25) is 5.02 Å². The third-order valence-corrected chi connectivity index (χ3v) is 2.43. The van der Waals surface area contributed by atoms with Crippen LogP contribution in [-0.2, 0) is 0 Å². The normalized spacial score (nSPS) is 10.4. The Morgan fingerprint density at radius 3 is 2.79 bits per heavy atom.